The fourth-order valence-electron chi connectivity index (χ4n) is 3.16. The van der Waals surface area contributed by atoms with Crippen molar-refractivity contribution in [3.63, 3.8) is 0 Å². The van der Waals surface area contributed by atoms with Crippen LogP contribution in [0.3, 0.4) is 0 Å². The summed E-state index contributed by atoms with van der Waals surface area (Å²) in [5.41, 5.74) is 2.67. The second kappa shape index (κ2) is 6.55. The minimum atomic E-state index is 0.661. The molecule has 4 aromatic carbocycles. The van der Waals surface area contributed by atoms with Crippen molar-refractivity contribution in [3.8, 4) is 6.07 Å². The van der Waals surface area contributed by atoms with Crippen molar-refractivity contribution in [1.29, 1.82) is 5.26 Å². The number of allylic oxidation sites excluding steroid dienone is 1. The van der Waals surface area contributed by atoms with Crippen molar-refractivity contribution in [3.05, 3.63) is 94.5 Å². The fraction of sp³-hybridized carbons (Fsp3) is 0. The van der Waals surface area contributed by atoms with Crippen LogP contribution < -0.4 is 0 Å². The van der Waals surface area contributed by atoms with Crippen molar-refractivity contribution in [2.45, 2.75) is 0 Å². The molecule has 1 nitrogen and oxygen atoms in total. The van der Waals surface area contributed by atoms with E-state index in [0.29, 0.717) is 5.57 Å². The minimum Gasteiger partial charge on any atom is -0.192 e. The van der Waals surface area contributed by atoms with E-state index in [-0.39, 0.29) is 0 Å². The molecule has 118 valence electrons. The van der Waals surface area contributed by atoms with Gasteiger partial charge in [-0.3, -0.25) is 0 Å². The molecule has 0 spiro atoms. The monoisotopic (exact) mass is 383 g/mol. The Balaban J connectivity index is 2.03. The van der Waals surface area contributed by atoms with E-state index in [2.05, 4.69) is 52.3 Å². The first kappa shape index (κ1) is 15.6. The number of hydrogen-bond donors (Lipinski definition) is 0. The highest BCUT2D eigenvalue weighted by atomic mass is 79.9. The van der Waals surface area contributed by atoms with Gasteiger partial charge >= 0.3 is 0 Å². The molecule has 0 heterocycles. The molecule has 0 aliphatic heterocycles. The number of hydrogen-bond acceptors (Lipinski definition) is 1. The normalized spacial score (nSPS) is 11.6. The molecule has 0 aromatic heterocycles. The van der Waals surface area contributed by atoms with Crippen LogP contribution in [0.25, 0.3) is 33.2 Å². The lowest BCUT2D eigenvalue weighted by Crippen LogP contribution is -1.86. The van der Waals surface area contributed by atoms with Crippen LogP contribution in [0.15, 0.2) is 83.3 Å². The summed E-state index contributed by atoms with van der Waals surface area (Å²) < 4.78 is 1.00. The van der Waals surface area contributed by atoms with E-state index >= 15 is 0 Å². The quantitative estimate of drug-likeness (QED) is 0.211. The van der Waals surface area contributed by atoms with Crippen molar-refractivity contribution < 1.29 is 0 Å². The second-order valence-corrected chi connectivity index (χ2v) is 6.82. The Morgan fingerprint density at radius 2 is 1.36 bits per heavy atom. The van der Waals surface area contributed by atoms with Crippen LogP contribution in [0, 0.1) is 11.3 Å². The van der Waals surface area contributed by atoms with Crippen LogP contribution in [0.1, 0.15) is 11.1 Å². The molecule has 0 aliphatic carbocycles. The van der Waals surface area contributed by atoms with E-state index < -0.39 is 0 Å². The summed E-state index contributed by atoms with van der Waals surface area (Å²) in [7, 11) is 0. The lowest BCUT2D eigenvalue weighted by atomic mass is 9.94. The Morgan fingerprint density at radius 3 is 1.92 bits per heavy atom. The Hall–Kier alpha value is -2.89. The first-order chi connectivity index (χ1) is 12.3. The first-order valence-corrected chi connectivity index (χ1v) is 8.84. The molecule has 0 aliphatic rings. The molecule has 4 aromatic rings. The summed E-state index contributed by atoms with van der Waals surface area (Å²) in [6.07, 6.45) is 2.01. The Labute approximate surface area is 155 Å². The first-order valence-electron chi connectivity index (χ1n) is 8.04. The van der Waals surface area contributed by atoms with Gasteiger partial charge in [0.2, 0.25) is 0 Å². The Morgan fingerprint density at radius 1 is 0.800 bits per heavy atom. The number of nitriles is 1. The smallest absolute Gasteiger partial charge is 0.0998 e. The molecule has 0 saturated carbocycles. The van der Waals surface area contributed by atoms with Crippen molar-refractivity contribution in [2.75, 3.05) is 0 Å². The maximum atomic E-state index is 9.72. The minimum absolute atomic E-state index is 0.661. The van der Waals surface area contributed by atoms with E-state index in [1.807, 2.05) is 54.6 Å². The third kappa shape index (κ3) is 2.95. The summed E-state index contributed by atoms with van der Waals surface area (Å²) in [6, 6.07) is 29.1. The van der Waals surface area contributed by atoms with Gasteiger partial charge in [0.1, 0.15) is 0 Å². The average Bonchev–Trinajstić information content (AvgIpc) is 2.66. The topological polar surface area (TPSA) is 23.8 Å². The van der Waals surface area contributed by atoms with Crippen LogP contribution >= 0.6 is 15.9 Å². The summed E-state index contributed by atoms with van der Waals surface area (Å²) in [5, 5.41) is 14.4. The van der Waals surface area contributed by atoms with Gasteiger partial charge in [0, 0.05) is 4.47 Å². The molecular formula is C23H14BrN. The zero-order valence-corrected chi connectivity index (χ0v) is 15.0. The molecular weight excluding hydrogens is 370 g/mol. The van der Waals surface area contributed by atoms with Crippen molar-refractivity contribution >= 4 is 49.1 Å². The van der Waals surface area contributed by atoms with Gasteiger partial charge in [-0.25, -0.2) is 0 Å². The van der Waals surface area contributed by atoms with E-state index in [1.165, 1.54) is 10.8 Å². The standard InChI is InChI=1S/C23H14BrN/c24-20-11-9-16(10-12-20)19(15-25)14-23-21-7-3-1-5-17(21)13-18-6-2-4-8-22(18)23/h1-14H. The zero-order valence-electron chi connectivity index (χ0n) is 13.4. The Bertz CT molecular complexity index is 1090. The van der Waals surface area contributed by atoms with Crippen LogP contribution in [-0.2, 0) is 0 Å². The second-order valence-electron chi connectivity index (χ2n) is 5.91. The van der Waals surface area contributed by atoms with Crippen LogP contribution in [-0.4, -0.2) is 0 Å². The fourth-order valence-corrected chi connectivity index (χ4v) is 3.42. The van der Waals surface area contributed by atoms with Crippen LogP contribution in [0.5, 0.6) is 0 Å². The summed E-state index contributed by atoms with van der Waals surface area (Å²) >= 11 is 3.45. The van der Waals surface area contributed by atoms with Gasteiger partial charge < -0.3 is 0 Å². The molecule has 0 atom stereocenters. The lowest BCUT2D eigenvalue weighted by molar-refractivity contribution is 1.52. The molecule has 0 amide bonds. The summed E-state index contributed by atoms with van der Waals surface area (Å²) in [4.78, 5) is 0. The third-order valence-electron chi connectivity index (χ3n) is 4.38. The van der Waals surface area contributed by atoms with Gasteiger partial charge in [-0.1, -0.05) is 76.6 Å². The molecule has 4 rings (SSSR count). The highest BCUT2D eigenvalue weighted by Crippen LogP contribution is 2.31. The van der Waals surface area contributed by atoms with Gasteiger partial charge in [-0.05, 0) is 56.9 Å². The highest BCUT2D eigenvalue weighted by Gasteiger charge is 2.08. The van der Waals surface area contributed by atoms with Gasteiger partial charge in [-0.15, -0.1) is 0 Å². The van der Waals surface area contributed by atoms with Crippen LogP contribution in [0.4, 0.5) is 0 Å². The predicted octanol–water partition coefficient (Wildman–Crippen LogP) is 6.82. The summed E-state index contributed by atoms with van der Waals surface area (Å²) in [5.74, 6) is 0. The van der Waals surface area contributed by atoms with E-state index in [9.17, 15) is 5.26 Å². The van der Waals surface area contributed by atoms with E-state index in [0.717, 1.165) is 26.4 Å². The summed E-state index contributed by atoms with van der Waals surface area (Å²) in [6.45, 7) is 0. The van der Waals surface area contributed by atoms with Crippen molar-refractivity contribution in [1.82, 2.24) is 0 Å². The lowest BCUT2D eigenvalue weighted by Gasteiger charge is -2.09. The van der Waals surface area contributed by atoms with Gasteiger partial charge in [0.15, 0.2) is 0 Å². The molecule has 0 fully saturated rings. The van der Waals surface area contributed by atoms with Gasteiger partial charge in [0.05, 0.1) is 11.6 Å². The number of rotatable bonds is 2. The number of halogens is 1. The number of fused-ring (bicyclic) bond motifs is 2. The molecule has 0 bridgehead atoms. The van der Waals surface area contributed by atoms with Gasteiger partial charge in [0.25, 0.3) is 0 Å². The molecule has 0 N–H and O–H groups in total. The van der Waals surface area contributed by atoms with E-state index in [4.69, 9.17) is 0 Å². The molecule has 2 heteroatoms. The molecule has 0 unspecified atom stereocenters. The molecule has 25 heavy (non-hydrogen) atoms. The van der Waals surface area contributed by atoms with E-state index in [1.54, 1.807) is 0 Å². The predicted molar refractivity (Wildman–Crippen MR) is 109 cm³/mol. The number of nitrogens with zero attached hydrogens (tertiary/aromatic N) is 1. The Kier molecular flexibility index (Phi) is 4.09. The van der Waals surface area contributed by atoms with Crippen LogP contribution in [0.2, 0.25) is 0 Å². The average molecular weight is 384 g/mol. The molecule has 0 saturated heterocycles. The zero-order chi connectivity index (χ0) is 17.2. The third-order valence-corrected chi connectivity index (χ3v) is 4.91. The maximum Gasteiger partial charge on any atom is 0.0998 e. The molecule has 0 radical (unpaired) electrons. The van der Waals surface area contributed by atoms with Crippen molar-refractivity contribution in [2.24, 2.45) is 0 Å². The number of benzene rings is 4. The SMILES string of the molecule is N#CC(=Cc1c2ccccc2cc2ccccc12)c1ccc(Br)cc1. The highest BCUT2D eigenvalue weighted by molar-refractivity contribution is 9.10. The maximum absolute atomic E-state index is 9.72. The van der Waals surface area contributed by atoms with Gasteiger partial charge in [-0.2, -0.15) is 5.26 Å². The largest absolute Gasteiger partial charge is 0.192 e.